The Kier molecular flexibility index (Phi) is 6.82. The second kappa shape index (κ2) is 9.90. The molecular weight excluding hydrogens is 392 g/mol. The molecule has 0 radical (unpaired) electrons. The summed E-state index contributed by atoms with van der Waals surface area (Å²) in [6.07, 6.45) is 2.95. The zero-order chi connectivity index (χ0) is 22.2. The molecule has 3 aromatic rings. The number of hydrogen-bond donors (Lipinski definition) is 1. The van der Waals surface area contributed by atoms with E-state index in [1.807, 2.05) is 36.4 Å². The molecule has 1 N–H and O–H groups in total. The van der Waals surface area contributed by atoms with Gasteiger partial charge in [-0.25, -0.2) is 4.79 Å². The number of esters is 1. The van der Waals surface area contributed by atoms with Crippen LogP contribution in [0.3, 0.4) is 0 Å². The highest BCUT2D eigenvalue weighted by Gasteiger charge is 2.16. The Morgan fingerprint density at radius 2 is 1.87 bits per heavy atom. The monoisotopic (exact) mass is 412 g/mol. The molecule has 3 aromatic carbocycles. The normalized spacial score (nSPS) is 10.8. The molecule has 0 atom stereocenters. The predicted octanol–water partition coefficient (Wildman–Crippen LogP) is 4.28. The molecule has 0 saturated carbocycles. The lowest BCUT2D eigenvalue weighted by atomic mass is 10.0. The van der Waals surface area contributed by atoms with Crippen LogP contribution in [0.15, 0.2) is 78.9 Å². The van der Waals surface area contributed by atoms with Gasteiger partial charge in [-0.05, 0) is 40.6 Å². The Morgan fingerprint density at radius 1 is 1.10 bits per heavy atom. The van der Waals surface area contributed by atoms with Crippen LogP contribution < -0.4 is 14.8 Å². The lowest BCUT2D eigenvalue weighted by Crippen LogP contribution is -2.24. The number of nitriles is 1. The van der Waals surface area contributed by atoms with E-state index in [1.165, 1.54) is 19.3 Å². The molecule has 0 fully saturated rings. The Balaban J connectivity index is 1.87. The Labute approximate surface area is 180 Å². The number of methoxy groups -OCH3 is 1. The van der Waals surface area contributed by atoms with Gasteiger partial charge in [0.2, 0.25) is 0 Å². The van der Waals surface area contributed by atoms with Crippen molar-refractivity contribution in [3.63, 3.8) is 0 Å². The van der Waals surface area contributed by atoms with E-state index < -0.39 is 11.9 Å². The molecule has 0 aliphatic rings. The fourth-order valence-electron chi connectivity index (χ4n) is 2.99. The van der Waals surface area contributed by atoms with Gasteiger partial charge in [-0.1, -0.05) is 48.5 Å². The van der Waals surface area contributed by atoms with Crippen molar-refractivity contribution < 1.29 is 19.1 Å². The molecule has 0 spiro atoms. The molecule has 0 aliphatic carbocycles. The van der Waals surface area contributed by atoms with Gasteiger partial charge < -0.3 is 14.8 Å². The maximum Gasteiger partial charge on any atom is 0.344 e. The van der Waals surface area contributed by atoms with Crippen LogP contribution in [0.1, 0.15) is 15.9 Å². The van der Waals surface area contributed by atoms with E-state index in [4.69, 9.17) is 9.47 Å². The number of nitrogens with one attached hydrogen (secondary N) is 1. The fourth-order valence-corrected chi connectivity index (χ4v) is 2.99. The molecule has 3 rings (SSSR count). The van der Waals surface area contributed by atoms with Crippen LogP contribution in [0.2, 0.25) is 0 Å². The van der Waals surface area contributed by atoms with Gasteiger partial charge in [0.1, 0.15) is 11.6 Å². The minimum absolute atomic E-state index is 0.0654. The van der Waals surface area contributed by atoms with Crippen molar-refractivity contribution in [1.29, 1.82) is 5.26 Å². The highest BCUT2D eigenvalue weighted by Crippen LogP contribution is 2.30. The van der Waals surface area contributed by atoms with E-state index in [-0.39, 0.29) is 17.9 Å². The van der Waals surface area contributed by atoms with Crippen LogP contribution in [0.4, 0.5) is 0 Å². The van der Waals surface area contributed by atoms with Gasteiger partial charge in [-0.2, -0.15) is 5.26 Å². The predicted molar refractivity (Wildman–Crippen MR) is 119 cm³/mol. The smallest absolute Gasteiger partial charge is 0.344 e. The van der Waals surface area contributed by atoms with Gasteiger partial charge in [0.05, 0.1) is 12.7 Å². The maximum atomic E-state index is 12.8. The van der Waals surface area contributed by atoms with E-state index in [2.05, 4.69) is 11.9 Å². The van der Waals surface area contributed by atoms with Crippen molar-refractivity contribution in [2.24, 2.45) is 0 Å². The number of carbonyl (C=O) groups is 2. The second-order valence-corrected chi connectivity index (χ2v) is 6.50. The number of hydrogen-bond acceptors (Lipinski definition) is 5. The van der Waals surface area contributed by atoms with Crippen LogP contribution in [0.25, 0.3) is 16.8 Å². The third-order valence-electron chi connectivity index (χ3n) is 4.48. The summed E-state index contributed by atoms with van der Waals surface area (Å²) in [5.41, 5.74) is 0.922. The Bertz CT molecular complexity index is 1220. The zero-order valence-corrected chi connectivity index (χ0v) is 16.9. The summed E-state index contributed by atoms with van der Waals surface area (Å²) >= 11 is 0. The van der Waals surface area contributed by atoms with Crippen molar-refractivity contribution in [3.8, 4) is 17.6 Å². The van der Waals surface area contributed by atoms with Gasteiger partial charge in [0.25, 0.3) is 5.91 Å². The standard InChI is InChI=1S/C25H20N2O4/c1-3-13-27-24(28)19(16-26)14-17-11-12-22(23(15-17)30-2)31-25(29)21-10-6-8-18-7-4-5-9-20(18)21/h3-12,14-15H,1,13H2,2H3,(H,27,28). The molecule has 6 heteroatoms. The summed E-state index contributed by atoms with van der Waals surface area (Å²) in [6, 6.07) is 19.6. The highest BCUT2D eigenvalue weighted by atomic mass is 16.6. The Morgan fingerprint density at radius 3 is 2.61 bits per heavy atom. The molecule has 6 nitrogen and oxygen atoms in total. The lowest BCUT2D eigenvalue weighted by Gasteiger charge is -2.11. The molecule has 1 amide bonds. The molecular formula is C25H20N2O4. The molecule has 31 heavy (non-hydrogen) atoms. The van der Waals surface area contributed by atoms with E-state index >= 15 is 0 Å². The summed E-state index contributed by atoms with van der Waals surface area (Å²) in [5.74, 6) is -0.494. The second-order valence-electron chi connectivity index (χ2n) is 6.50. The third kappa shape index (κ3) is 4.98. The minimum Gasteiger partial charge on any atom is -0.493 e. The van der Waals surface area contributed by atoms with E-state index in [1.54, 1.807) is 30.3 Å². The summed E-state index contributed by atoms with van der Waals surface area (Å²) in [6.45, 7) is 3.78. The van der Waals surface area contributed by atoms with E-state index in [9.17, 15) is 14.9 Å². The van der Waals surface area contributed by atoms with Crippen LogP contribution >= 0.6 is 0 Å². The highest BCUT2D eigenvalue weighted by molar-refractivity contribution is 6.05. The summed E-state index contributed by atoms with van der Waals surface area (Å²) in [7, 11) is 1.44. The molecule has 0 aromatic heterocycles. The minimum atomic E-state index is -0.514. The molecule has 0 unspecified atom stereocenters. The van der Waals surface area contributed by atoms with Crippen LogP contribution in [-0.4, -0.2) is 25.5 Å². The SMILES string of the molecule is C=CCNC(=O)C(C#N)=Cc1ccc(OC(=O)c2cccc3ccccc23)c(OC)c1. The molecule has 0 saturated heterocycles. The van der Waals surface area contributed by atoms with Crippen molar-refractivity contribution >= 4 is 28.7 Å². The molecule has 0 aliphatic heterocycles. The number of rotatable bonds is 7. The van der Waals surface area contributed by atoms with Crippen molar-refractivity contribution in [3.05, 3.63) is 90.0 Å². The molecule has 0 heterocycles. The lowest BCUT2D eigenvalue weighted by molar-refractivity contribution is -0.116. The average molecular weight is 412 g/mol. The Hall–Kier alpha value is -4.37. The van der Waals surface area contributed by atoms with Crippen LogP contribution in [-0.2, 0) is 4.79 Å². The quantitative estimate of drug-likeness (QED) is 0.206. The van der Waals surface area contributed by atoms with Crippen LogP contribution in [0, 0.1) is 11.3 Å². The van der Waals surface area contributed by atoms with Crippen molar-refractivity contribution in [2.75, 3.05) is 13.7 Å². The first-order valence-electron chi connectivity index (χ1n) is 9.46. The topological polar surface area (TPSA) is 88.4 Å². The van der Waals surface area contributed by atoms with Gasteiger partial charge >= 0.3 is 5.97 Å². The summed E-state index contributed by atoms with van der Waals surface area (Å²) < 4.78 is 10.9. The van der Waals surface area contributed by atoms with Gasteiger partial charge in [-0.3, -0.25) is 4.79 Å². The number of amides is 1. The number of benzene rings is 3. The number of carbonyl (C=O) groups excluding carboxylic acids is 2. The maximum absolute atomic E-state index is 12.8. The fraction of sp³-hybridized carbons (Fsp3) is 0.0800. The van der Waals surface area contributed by atoms with Gasteiger partial charge in [0, 0.05) is 6.54 Å². The third-order valence-corrected chi connectivity index (χ3v) is 4.48. The summed E-state index contributed by atoms with van der Waals surface area (Å²) in [4.78, 5) is 24.8. The van der Waals surface area contributed by atoms with Crippen LogP contribution in [0.5, 0.6) is 11.5 Å². The first kappa shape index (κ1) is 21.3. The number of nitrogens with zero attached hydrogens (tertiary/aromatic N) is 1. The zero-order valence-electron chi connectivity index (χ0n) is 16.9. The van der Waals surface area contributed by atoms with Gasteiger partial charge in [0.15, 0.2) is 11.5 Å². The first-order valence-corrected chi connectivity index (χ1v) is 9.46. The average Bonchev–Trinajstić information content (AvgIpc) is 2.81. The van der Waals surface area contributed by atoms with Gasteiger partial charge in [-0.15, -0.1) is 6.58 Å². The first-order chi connectivity index (χ1) is 15.1. The summed E-state index contributed by atoms with van der Waals surface area (Å²) in [5, 5.41) is 13.5. The number of ether oxygens (including phenoxy) is 2. The van der Waals surface area contributed by atoms with Crippen molar-refractivity contribution in [1.82, 2.24) is 5.32 Å². The molecule has 154 valence electrons. The molecule has 0 bridgehead atoms. The van der Waals surface area contributed by atoms with Crippen molar-refractivity contribution in [2.45, 2.75) is 0 Å². The largest absolute Gasteiger partial charge is 0.493 e. The number of fused-ring (bicyclic) bond motifs is 1. The van der Waals surface area contributed by atoms with E-state index in [0.29, 0.717) is 16.9 Å². The van der Waals surface area contributed by atoms with E-state index in [0.717, 1.165) is 10.8 Å².